The van der Waals surface area contributed by atoms with Crippen LogP contribution >= 0.6 is 0 Å². The van der Waals surface area contributed by atoms with Crippen LogP contribution in [0.2, 0.25) is 0 Å². The molecule has 1 aromatic carbocycles. The summed E-state index contributed by atoms with van der Waals surface area (Å²) in [6.07, 6.45) is 0.123. The molecule has 1 atom stereocenters. The minimum absolute atomic E-state index is 0.0445. The molecule has 1 saturated heterocycles. The highest BCUT2D eigenvalue weighted by molar-refractivity contribution is 7.89. The van der Waals surface area contributed by atoms with E-state index in [1.807, 2.05) is 30.3 Å². The van der Waals surface area contributed by atoms with Crippen LogP contribution in [0.15, 0.2) is 39.8 Å². The Morgan fingerprint density at radius 1 is 1.26 bits per heavy atom. The predicted octanol–water partition coefficient (Wildman–Crippen LogP) is 1.38. The highest BCUT2D eigenvalue weighted by Crippen LogP contribution is 2.24. The molecule has 1 aliphatic rings. The molecule has 1 aromatic heterocycles. The Kier molecular flexibility index (Phi) is 3.95. The summed E-state index contributed by atoms with van der Waals surface area (Å²) in [5.41, 5.74) is 1.07. The molecule has 2 heterocycles. The number of carbonyl (C=O) groups is 1. The van der Waals surface area contributed by atoms with Gasteiger partial charge in [0, 0.05) is 24.7 Å². The summed E-state index contributed by atoms with van der Waals surface area (Å²) in [7, 11) is -3.78. The molecule has 0 unspecified atom stereocenters. The molecule has 0 radical (unpaired) electrons. The van der Waals surface area contributed by atoms with Crippen LogP contribution in [0, 0.1) is 13.8 Å². The van der Waals surface area contributed by atoms with Crippen molar-refractivity contribution in [3.05, 3.63) is 41.8 Å². The van der Waals surface area contributed by atoms with Gasteiger partial charge in [0.1, 0.15) is 10.6 Å². The van der Waals surface area contributed by atoms with E-state index in [-0.39, 0.29) is 23.0 Å². The summed E-state index contributed by atoms with van der Waals surface area (Å²) in [4.78, 5) is 13.8. The zero-order valence-corrected chi connectivity index (χ0v) is 13.6. The lowest BCUT2D eigenvalue weighted by atomic mass is 10.3. The Balaban J connectivity index is 1.79. The van der Waals surface area contributed by atoms with E-state index in [1.54, 1.807) is 18.7 Å². The lowest BCUT2D eigenvalue weighted by Crippen LogP contribution is -2.37. The van der Waals surface area contributed by atoms with E-state index in [0.29, 0.717) is 12.2 Å². The molecule has 0 bridgehead atoms. The fourth-order valence-electron chi connectivity index (χ4n) is 2.78. The number of aryl methyl sites for hydroxylation is 2. The van der Waals surface area contributed by atoms with Gasteiger partial charge in [-0.25, -0.2) is 13.1 Å². The molecular formula is C15H17N3O4S. The van der Waals surface area contributed by atoms with Crippen molar-refractivity contribution in [2.24, 2.45) is 0 Å². The first-order valence-electron chi connectivity index (χ1n) is 7.19. The molecule has 2 aromatic rings. The second-order valence-corrected chi connectivity index (χ2v) is 7.17. The number of rotatable bonds is 4. The van der Waals surface area contributed by atoms with Crippen molar-refractivity contribution in [1.29, 1.82) is 0 Å². The topological polar surface area (TPSA) is 92.5 Å². The molecule has 1 fully saturated rings. The normalized spacial score (nSPS) is 18.6. The summed E-state index contributed by atoms with van der Waals surface area (Å²) in [6, 6.07) is 8.70. The first kappa shape index (κ1) is 15.7. The molecular weight excluding hydrogens is 318 g/mol. The number of amides is 1. The van der Waals surface area contributed by atoms with Gasteiger partial charge in [-0.2, -0.15) is 0 Å². The van der Waals surface area contributed by atoms with Gasteiger partial charge in [0.2, 0.25) is 15.9 Å². The third-order valence-electron chi connectivity index (χ3n) is 3.75. The van der Waals surface area contributed by atoms with Crippen molar-refractivity contribution < 1.29 is 17.7 Å². The third-order valence-corrected chi connectivity index (χ3v) is 5.52. The number of benzene rings is 1. The van der Waals surface area contributed by atoms with Crippen LogP contribution in [0.5, 0.6) is 0 Å². The lowest BCUT2D eigenvalue weighted by molar-refractivity contribution is -0.117. The molecule has 0 saturated carbocycles. The zero-order chi connectivity index (χ0) is 16.6. The number of anilines is 1. The summed E-state index contributed by atoms with van der Waals surface area (Å²) in [5, 5.41) is 3.66. The van der Waals surface area contributed by atoms with E-state index < -0.39 is 16.1 Å². The number of carbonyl (C=O) groups excluding carboxylic acids is 1. The maximum atomic E-state index is 12.5. The molecule has 23 heavy (non-hydrogen) atoms. The van der Waals surface area contributed by atoms with Crippen molar-refractivity contribution in [2.45, 2.75) is 31.2 Å². The summed E-state index contributed by atoms with van der Waals surface area (Å²) < 4.78 is 32.5. The number of nitrogens with zero attached hydrogens (tertiary/aromatic N) is 2. The molecule has 122 valence electrons. The number of para-hydroxylation sites is 1. The van der Waals surface area contributed by atoms with Crippen molar-refractivity contribution in [1.82, 2.24) is 9.88 Å². The third kappa shape index (κ3) is 2.99. The van der Waals surface area contributed by atoms with Gasteiger partial charge in [0.15, 0.2) is 5.76 Å². The Morgan fingerprint density at radius 2 is 1.96 bits per heavy atom. The van der Waals surface area contributed by atoms with Crippen LogP contribution in [0.1, 0.15) is 17.9 Å². The van der Waals surface area contributed by atoms with Gasteiger partial charge in [0.05, 0.1) is 0 Å². The van der Waals surface area contributed by atoms with Crippen LogP contribution in [-0.2, 0) is 14.8 Å². The van der Waals surface area contributed by atoms with Crippen LogP contribution in [0.25, 0.3) is 0 Å². The number of hydrogen-bond acceptors (Lipinski definition) is 5. The van der Waals surface area contributed by atoms with Crippen LogP contribution in [0.3, 0.4) is 0 Å². The monoisotopic (exact) mass is 335 g/mol. The van der Waals surface area contributed by atoms with Crippen molar-refractivity contribution in [3.8, 4) is 0 Å². The van der Waals surface area contributed by atoms with Crippen LogP contribution in [-0.4, -0.2) is 32.1 Å². The maximum Gasteiger partial charge on any atom is 0.246 e. The quantitative estimate of drug-likeness (QED) is 0.911. The highest BCUT2D eigenvalue weighted by atomic mass is 32.2. The van der Waals surface area contributed by atoms with E-state index in [1.165, 1.54) is 0 Å². The smallest absolute Gasteiger partial charge is 0.246 e. The molecule has 0 aliphatic carbocycles. The number of aromatic nitrogens is 1. The standard InChI is InChI=1S/C15H17N3O4S/c1-10-15(11(2)22-16-10)23(20,21)17-12-8-14(19)18(9-12)13-6-4-3-5-7-13/h3-7,12,17H,8-9H2,1-2H3/t12-/m0/s1. The van der Waals surface area contributed by atoms with E-state index in [9.17, 15) is 13.2 Å². The van der Waals surface area contributed by atoms with E-state index in [4.69, 9.17) is 4.52 Å². The average molecular weight is 335 g/mol. The van der Waals surface area contributed by atoms with E-state index in [0.717, 1.165) is 5.69 Å². The van der Waals surface area contributed by atoms with Gasteiger partial charge in [-0.15, -0.1) is 0 Å². The van der Waals surface area contributed by atoms with Crippen LogP contribution < -0.4 is 9.62 Å². The molecule has 7 nitrogen and oxygen atoms in total. The lowest BCUT2D eigenvalue weighted by Gasteiger charge is -2.17. The van der Waals surface area contributed by atoms with Gasteiger partial charge >= 0.3 is 0 Å². The van der Waals surface area contributed by atoms with Gasteiger partial charge in [-0.3, -0.25) is 4.79 Å². The Morgan fingerprint density at radius 3 is 2.57 bits per heavy atom. The highest BCUT2D eigenvalue weighted by Gasteiger charge is 2.35. The Labute approximate surface area is 134 Å². The SMILES string of the molecule is Cc1noc(C)c1S(=O)(=O)N[C@H]1CC(=O)N(c2ccccc2)C1. The van der Waals surface area contributed by atoms with Crippen molar-refractivity contribution in [2.75, 3.05) is 11.4 Å². The maximum absolute atomic E-state index is 12.5. The van der Waals surface area contributed by atoms with Gasteiger partial charge in [0.25, 0.3) is 0 Å². The summed E-state index contributed by atoms with van der Waals surface area (Å²) in [6.45, 7) is 3.41. The molecule has 1 aliphatic heterocycles. The largest absolute Gasteiger partial charge is 0.360 e. The molecule has 3 rings (SSSR count). The van der Waals surface area contributed by atoms with Crippen LogP contribution in [0.4, 0.5) is 5.69 Å². The predicted molar refractivity (Wildman–Crippen MR) is 83.5 cm³/mol. The molecule has 1 amide bonds. The molecule has 1 N–H and O–H groups in total. The minimum atomic E-state index is -3.78. The Hall–Kier alpha value is -2.19. The second-order valence-electron chi connectivity index (χ2n) is 5.52. The first-order chi connectivity index (χ1) is 10.9. The Bertz CT molecular complexity index is 810. The second kappa shape index (κ2) is 5.78. The average Bonchev–Trinajstić information content (AvgIpc) is 3.02. The van der Waals surface area contributed by atoms with Crippen molar-refractivity contribution >= 4 is 21.6 Å². The minimum Gasteiger partial charge on any atom is -0.360 e. The number of sulfonamides is 1. The first-order valence-corrected chi connectivity index (χ1v) is 8.67. The summed E-state index contributed by atoms with van der Waals surface area (Å²) >= 11 is 0. The van der Waals surface area contributed by atoms with Crippen molar-refractivity contribution in [3.63, 3.8) is 0 Å². The number of hydrogen-bond donors (Lipinski definition) is 1. The van der Waals surface area contributed by atoms with Gasteiger partial charge in [-0.05, 0) is 26.0 Å². The fourth-order valence-corrected chi connectivity index (χ4v) is 4.34. The fraction of sp³-hybridized carbons (Fsp3) is 0.333. The van der Waals surface area contributed by atoms with E-state index >= 15 is 0 Å². The van der Waals surface area contributed by atoms with Gasteiger partial charge in [-0.1, -0.05) is 23.4 Å². The number of nitrogens with one attached hydrogen (secondary N) is 1. The molecule has 8 heteroatoms. The summed E-state index contributed by atoms with van der Waals surface area (Å²) in [5.74, 6) is 0.127. The molecule has 0 spiro atoms. The zero-order valence-electron chi connectivity index (χ0n) is 12.8. The van der Waals surface area contributed by atoms with E-state index in [2.05, 4.69) is 9.88 Å². The van der Waals surface area contributed by atoms with Gasteiger partial charge < -0.3 is 9.42 Å².